The van der Waals surface area contributed by atoms with Crippen LogP contribution in [0.2, 0.25) is 0 Å². The van der Waals surface area contributed by atoms with Crippen molar-refractivity contribution in [3.63, 3.8) is 0 Å². The van der Waals surface area contributed by atoms with Crippen molar-refractivity contribution in [3.05, 3.63) is 50.9 Å². The number of anilines is 2. The van der Waals surface area contributed by atoms with Crippen LogP contribution in [-0.2, 0) is 23.0 Å². The molecule has 1 aromatic heterocycles. The minimum atomic E-state index is -0.0222. The van der Waals surface area contributed by atoms with E-state index < -0.39 is 0 Å². The number of aromatic amines is 1. The molecule has 0 radical (unpaired) electrons. The molecule has 0 bridgehead atoms. The zero-order valence-corrected chi connectivity index (χ0v) is 20.9. The smallest absolute Gasteiger partial charge is 0.255 e. The van der Waals surface area contributed by atoms with Gasteiger partial charge in [-0.15, -0.1) is 0 Å². The first-order valence-electron chi connectivity index (χ1n) is 13.5. The van der Waals surface area contributed by atoms with Gasteiger partial charge in [-0.2, -0.15) is 0 Å². The van der Waals surface area contributed by atoms with E-state index >= 15 is 0 Å². The third-order valence-electron chi connectivity index (χ3n) is 8.49. The highest BCUT2D eigenvalue weighted by Crippen LogP contribution is 2.44. The van der Waals surface area contributed by atoms with E-state index in [4.69, 9.17) is 9.72 Å². The van der Waals surface area contributed by atoms with E-state index in [9.17, 15) is 9.59 Å². The molecule has 9 heteroatoms. The third kappa shape index (κ3) is 4.50. The summed E-state index contributed by atoms with van der Waals surface area (Å²) in [5.74, 6) is 0.705. The topological polar surface area (TPSA) is 103 Å². The van der Waals surface area contributed by atoms with Crippen molar-refractivity contribution in [1.82, 2.24) is 20.2 Å². The SMILES string of the molecule is O=C(NCCN1CCOCC1)c1ccc2c(c1)NCC21CCN(c2nc3c(c(=O)[nH]2)CCCC3)CC1. The van der Waals surface area contributed by atoms with Crippen LogP contribution in [0.3, 0.4) is 0 Å². The van der Waals surface area contributed by atoms with Gasteiger partial charge in [0, 0.05) is 68.0 Å². The Hall–Kier alpha value is -2.91. The number of ether oxygens (including phenoxy) is 1. The van der Waals surface area contributed by atoms with Crippen molar-refractivity contribution in [3.8, 4) is 0 Å². The minimum Gasteiger partial charge on any atom is -0.384 e. The van der Waals surface area contributed by atoms with Crippen LogP contribution in [0.25, 0.3) is 0 Å². The lowest BCUT2D eigenvalue weighted by Crippen LogP contribution is -2.45. The molecule has 4 aliphatic rings. The molecule has 1 amide bonds. The molecule has 2 fully saturated rings. The number of aryl methyl sites for hydroxylation is 1. The van der Waals surface area contributed by atoms with E-state index in [1.165, 1.54) is 5.56 Å². The Bertz CT molecular complexity index is 1180. The Balaban J connectivity index is 1.09. The van der Waals surface area contributed by atoms with Crippen molar-refractivity contribution in [2.45, 2.75) is 43.9 Å². The second-order valence-corrected chi connectivity index (χ2v) is 10.6. The van der Waals surface area contributed by atoms with Crippen molar-refractivity contribution in [1.29, 1.82) is 0 Å². The lowest BCUT2D eigenvalue weighted by atomic mass is 9.74. The molecule has 6 rings (SSSR count). The fourth-order valence-electron chi connectivity index (χ4n) is 6.24. The van der Waals surface area contributed by atoms with Crippen LogP contribution >= 0.6 is 0 Å². The van der Waals surface area contributed by atoms with Crippen molar-refractivity contribution in [2.75, 3.05) is 69.2 Å². The maximum Gasteiger partial charge on any atom is 0.255 e. The molecule has 3 aliphatic heterocycles. The van der Waals surface area contributed by atoms with Crippen molar-refractivity contribution >= 4 is 17.5 Å². The number of rotatable bonds is 5. The maximum atomic E-state index is 12.8. The molecular formula is C27H36N6O3. The zero-order valence-electron chi connectivity index (χ0n) is 20.9. The predicted octanol–water partition coefficient (Wildman–Crippen LogP) is 1.67. The molecule has 1 aromatic carbocycles. The Morgan fingerprint density at radius 3 is 2.75 bits per heavy atom. The van der Waals surface area contributed by atoms with E-state index in [1.807, 2.05) is 12.1 Å². The fraction of sp³-hybridized carbons (Fsp3) is 0.593. The lowest BCUT2D eigenvalue weighted by molar-refractivity contribution is 0.0383. The quantitative estimate of drug-likeness (QED) is 0.584. The third-order valence-corrected chi connectivity index (χ3v) is 8.49. The highest BCUT2D eigenvalue weighted by Gasteiger charge is 2.42. The summed E-state index contributed by atoms with van der Waals surface area (Å²) in [5, 5.41) is 6.64. The van der Waals surface area contributed by atoms with Gasteiger partial charge in [0.2, 0.25) is 5.95 Å². The standard InChI is InChI=1S/C27H36N6O3/c34-24(28-9-12-32-13-15-36-16-14-32)19-5-6-21-23(17-19)29-18-27(21)7-10-33(11-8-27)26-30-22-4-2-1-3-20(22)25(35)31-26/h5-6,17,29H,1-4,7-16,18H2,(H,28,34)(H,30,31,35). The van der Waals surface area contributed by atoms with Gasteiger partial charge in [-0.05, 0) is 56.2 Å². The Labute approximate surface area is 211 Å². The van der Waals surface area contributed by atoms with Crippen LogP contribution < -0.4 is 21.1 Å². The second-order valence-electron chi connectivity index (χ2n) is 10.6. The molecule has 0 unspecified atom stereocenters. The Morgan fingerprint density at radius 2 is 1.92 bits per heavy atom. The molecule has 9 nitrogen and oxygen atoms in total. The van der Waals surface area contributed by atoms with Crippen LogP contribution in [0.5, 0.6) is 0 Å². The summed E-state index contributed by atoms with van der Waals surface area (Å²) in [6, 6.07) is 6.11. The van der Waals surface area contributed by atoms with Crippen molar-refractivity contribution < 1.29 is 9.53 Å². The number of aromatic nitrogens is 2. The number of hydrogen-bond donors (Lipinski definition) is 3. The molecule has 1 aliphatic carbocycles. The van der Waals surface area contributed by atoms with Gasteiger partial charge < -0.3 is 20.3 Å². The van der Waals surface area contributed by atoms with Crippen LogP contribution in [0.1, 0.15) is 52.9 Å². The van der Waals surface area contributed by atoms with E-state index in [0.29, 0.717) is 12.1 Å². The molecule has 36 heavy (non-hydrogen) atoms. The van der Waals surface area contributed by atoms with E-state index in [1.54, 1.807) is 0 Å². The summed E-state index contributed by atoms with van der Waals surface area (Å²) in [5.41, 5.74) is 5.05. The van der Waals surface area contributed by atoms with Gasteiger partial charge in [0.25, 0.3) is 11.5 Å². The summed E-state index contributed by atoms with van der Waals surface area (Å²) < 4.78 is 5.38. The second kappa shape index (κ2) is 9.86. The van der Waals surface area contributed by atoms with Gasteiger partial charge in [-0.25, -0.2) is 4.98 Å². The number of H-pyrrole nitrogens is 1. The molecule has 1 spiro atoms. The van der Waals surface area contributed by atoms with Crippen LogP contribution in [0.15, 0.2) is 23.0 Å². The number of nitrogens with zero attached hydrogens (tertiary/aromatic N) is 3. The zero-order chi connectivity index (χ0) is 24.5. The van der Waals surface area contributed by atoms with E-state index in [-0.39, 0.29) is 16.9 Å². The first kappa shape index (κ1) is 23.5. The number of carbonyl (C=O) groups is 1. The minimum absolute atomic E-state index is 0.0222. The Kier molecular flexibility index (Phi) is 6.43. The number of fused-ring (bicyclic) bond motifs is 3. The molecular weight excluding hydrogens is 456 g/mol. The average molecular weight is 493 g/mol. The van der Waals surface area contributed by atoms with Gasteiger partial charge in [0.15, 0.2) is 0 Å². The molecule has 0 saturated carbocycles. The Morgan fingerprint density at radius 1 is 1.11 bits per heavy atom. The number of morpholine rings is 1. The molecule has 192 valence electrons. The summed E-state index contributed by atoms with van der Waals surface area (Å²) >= 11 is 0. The summed E-state index contributed by atoms with van der Waals surface area (Å²) in [4.78, 5) is 37.8. The first-order chi connectivity index (χ1) is 17.6. The number of benzene rings is 1. The highest BCUT2D eigenvalue weighted by molar-refractivity contribution is 5.95. The molecule has 4 heterocycles. The summed E-state index contributed by atoms with van der Waals surface area (Å²) in [6.45, 7) is 7.47. The summed E-state index contributed by atoms with van der Waals surface area (Å²) in [7, 11) is 0. The predicted molar refractivity (Wildman–Crippen MR) is 139 cm³/mol. The number of hydrogen-bond acceptors (Lipinski definition) is 7. The van der Waals surface area contributed by atoms with Crippen LogP contribution in [0, 0.1) is 0 Å². The molecule has 0 atom stereocenters. The van der Waals surface area contributed by atoms with Gasteiger partial charge in [-0.3, -0.25) is 19.5 Å². The van der Waals surface area contributed by atoms with E-state index in [2.05, 4.69) is 31.5 Å². The highest BCUT2D eigenvalue weighted by atomic mass is 16.5. The molecule has 3 N–H and O–H groups in total. The fourth-order valence-corrected chi connectivity index (χ4v) is 6.24. The van der Waals surface area contributed by atoms with Crippen LogP contribution in [-0.4, -0.2) is 79.8 Å². The summed E-state index contributed by atoms with van der Waals surface area (Å²) in [6.07, 6.45) is 5.91. The monoisotopic (exact) mass is 492 g/mol. The van der Waals surface area contributed by atoms with Gasteiger partial charge >= 0.3 is 0 Å². The maximum absolute atomic E-state index is 12.8. The van der Waals surface area contributed by atoms with Crippen LogP contribution in [0.4, 0.5) is 11.6 Å². The van der Waals surface area contributed by atoms with Gasteiger partial charge in [0.05, 0.1) is 18.9 Å². The number of amides is 1. The van der Waals surface area contributed by atoms with Gasteiger partial charge in [0.1, 0.15) is 0 Å². The number of nitrogens with one attached hydrogen (secondary N) is 3. The molecule has 2 aromatic rings. The van der Waals surface area contributed by atoms with Gasteiger partial charge in [-0.1, -0.05) is 6.07 Å². The first-order valence-corrected chi connectivity index (χ1v) is 13.5. The number of piperidine rings is 1. The molecule has 2 saturated heterocycles. The number of carbonyl (C=O) groups excluding carboxylic acids is 1. The van der Waals surface area contributed by atoms with Crippen molar-refractivity contribution in [2.24, 2.45) is 0 Å². The normalized spacial score (nSPS) is 21.1. The van der Waals surface area contributed by atoms with E-state index in [0.717, 1.165) is 114 Å². The largest absolute Gasteiger partial charge is 0.384 e. The lowest BCUT2D eigenvalue weighted by Gasteiger charge is -2.39. The average Bonchev–Trinajstić information content (AvgIpc) is 3.26.